The molecule has 0 aliphatic rings. The molecule has 5 heteroatoms. The number of Topliss-reactive ketones (excluding diaryl/α,β-unsaturated/α-hetero) is 1. The Morgan fingerprint density at radius 1 is 1.05 bits per heavy atom. The van der Waals surface area contributed by atoms with Crippen molar-refractivity contribution < 1.29 is 13.2 Å². The lowest BCUT2D eigenvalue weighted by atomic mass is 10.1. The minimum absolute atomic E-state index is 0.207. The van der Waals surface area contributed by atoms with Gasteiger partial charge in [-0.25, -0.2) is 8.42 Å². The molecule has 0 fully saturated rings. The molecular weight excluding hydrogens is 320 g/mol. The van der Waals surface area contributed by atoms with E-state index in [0.29, 0.717) is 5.02 Å². The van der Waals surface area contributed by atoms with Gasteiger partial charge in [0.25, 0.3) is 0 Å². The number of sulfone groups is 1. The third-order valence-corrected chi connectivity index (χ3v) is 5.04. The average Bonchev–Trinajstić information content (AvgIpc) is 2.49. The van der Waals surface area contributed by atoms with Gasteiger partial charge in [-0.2, -0.15) is 0 Å². The zero-order valence-electron chi connectivity index (χ0n) is 12.0. The quantitative estimate of drug-likeness (QED) is 0.782. The van der Waals surface area contributed by atoms with Crippen LogP contribution in [0, 0.1) is 0 Å². The van der Waals surface area contributed by atoms with Gasteiger partial charge in [0.2, 0.25) is 0 Å². The zero-order chi connectivity index (χ0) is 16.2. The summed E-state index contributed by atoms with van der Waals surface area (Å²) in [5, 5.41) is 0.582. The van der Waals surface area contributed by atoms with Gasteiger partial charge in [0.1, 0.15) is 0 Å². The SMILES string of the molecule is CC(=O)/C(=C/c1ccc(Cl)cc1)CS(=O)(=O)c1ccccc1. The van der Waals surface area contributed by atoms with E-state index < -0.39 is 9.84 Å². The molecule has 0 bridgehead atoms. The van der Waals surface area contributed by atoms with Crippen molar-refractivity contribution in [1.82, 2.24) is 0 Å². The van der Waals surface area contributed by atoms with Crippen LogP contribution in [0.1, 0.15) is 12.5 Å². The van der Waals surface area contributed by atoms with Crippen LogP contribution >= 0.6 is 11.6 Å². The van der Waals surface area contributed by atoms with Gasteiger partial charge in [-0.15, -0.1) is 0 Å². The number of ketones is 1. The second-order valence-corrected chi connectivity index (χ2v) is 7.28. The molecule has 114 valence electrons. The van der Waals surface area contributed by atoms with Crippen molar-refractivity contribution in [3.05, 3.63) is 70.8 Å². The molecule has 22 heavy (non-hydrogen) atoms. The molecule has 0 saturated carbocycles. The predicted octanol–water partition coefficient (Wildman–Crippen LogP) is 3.79. The maximum absolute atomic E-state index is 12.4. The summed E-state index contributed by atoms with van der Waals surface area (Å²) in [6.45, 7) is 1.36. The number of benzene rings is 2. The summed E-state index contributed by atoms with van der Waals surface area (Å²) >= 11 is 5.81. The zero-order valence-corrected chi connectivity index (χ0v) is 13.6. The monoisotopic (exact) mass is 334 g/mol. The minimum Gasteiger partial charge on any atom is -0.295 e. The molecule has 3 nitrogen and oxygen atoms in total. The Hall–Kier alpha value is -1.91. The van der Waals surface area contributed by atoms with Crippen molar-refractivity contribution in [2.24, 2.45) is 0 Å². The second-order valence-electron chi connectivity index (χ2n) is 4.85. The Bertz CT molecular complexity index is 792. The van der Waals surface area contributed by atoms with Gasteiger partial charge in [-0.1, -0.05) is 41.9 Å². The van der Waals surface area contributed by atoms with E-state index in [1.54, 1.807) is 48.5 Å². The molecule has 0 aliphatic carbocycles. The van der Waals surface area contributed by atoms with Gasteiger partial charge in [0.15, 0.2) is 15.6 Å². The van der Waals surface area contributed by atoms with E-state index in [4.69, 9.17) is 11.6 Å². The van der Waals surface area contributed by atoms with Crippen LogP contribution < -0.4 is 0 Å². The molecule has 0 radical (unpaired) electrons. The number of carbonyl (C=O) groups excluding carboxylic acids is 1. The summed E-state index contributed by atoms with van der Waals surface area (Å²) in [5.41, 5.74) is 0.976. The third-order valence-electron chi connectivity index (χ3n) is 3.11. The van der Waals surface area contributed by atoms with E-state index in [1.165, 1.54) is 19.1 Å². The predicted molar refractivity (Wildman–Crippen MR) is 88.6 cm³/mol. The Kier molecular flexibility index (Phi) is 5.16. The van der Waals surface area contributed by atoms with Gasteiger partial charge >= 0.3 is 0 Å². The molecule has 0 aromatic heterocycles. The maximum atomic E-state index is 12.4. The number of carbonyl (C=O) groups is 1. The second kappa shape index (κ2) is 6.90. The van der Waals surface area contributed by atoms with Gasteiger partial charge in [-0.3, -0.25) is 4.79 Å². The minimum atomic E-state index is -3.55. The van der Waals surface area contributed by atoms with Crippen LogP contribution in [0.25, 0.3) is 6.08 Å². The molecule has 0 unspecified atom stereocenters. The third kappa shape index (κ3) is 4.29. The first-order valence-electron chi connectivity index (χ1n) is 6.63. The number of hydrogen-bond donors (Lipinski definition) is 0. The molecular formula is C17H15ClO3S. The normalized spacial score (nSPS) is 12.2. The number of halogens is 1. The first-order valence-corrected chi connectivity index (χ1v) is 8.66. The van der Waals surface area contributed by atoms with Crippen molar-refractivity contribution in [1.29, 1.82) is 0 Å². The largest absolute Gasteiger partial charge is 0.295 e. The topological polar surface area (TPSA) is 51.2 Å². The smallest absolute Gasteiger partial charge is 0.182 e. The molecule has 0 atom stereocenters. The molecule has 0 aliphatic heterocycles. The molecule has 2 rings (SSSR count). The van der Waals surface area contributed by atoms with Crippen molar-refractivity contribution in [3.63, 3.8) is 0 Å². The van der Waals surface area contributed by atoms with E-state index >= 15 is 0 Å². The Morgan fingerprint density at radius 2 is 1.64 bits per heavy atom. The van der Waals surface area contributed by atoms with Crippen LogP contribution in [0.3, 0.4) is 0 Å². The van der Waals surface area contributed by atoms with E-state index in [2.05, 4.69) is 0 Å². The van der Waals surface area contributed by atoms with Gasteiger partial charge < -0.3 is 0 Å². The highest BCUT2D eigenvalue weighted by Crippen LogP contribution is 2.17. The van der Waals surface area contributed by atoms with Crippen LogP contribution in [-0.2, 0) is 14.6 Å². The highest BCUT2D eigenvalue weighted by atomic mass is 35.5. The molecule has 0 N–H and O–H groups in total. The fourth-order valence-corrected chi connectivity index (χ4v) is 3.48. The standard InChI is InChI=1S/C17H15ClO3S/c1-13(19)15(11-14-7-9-16(18)10-8-14)12-22(20,21)17-5-3-2-4-6-17/h2-11H,12H2,1H3/b15-11+. The maximum Gasteiger partial charge on any atom is 0.182 e. The summed E-state index contributed by atoms with van der Waals surface area (Å²) < 4.78 is 24.8. The first kappa shape index (κ1) is 16.5. The lowest BCUT2D eigenvalue weighted by Crippen LogP contribution is -2.13. The van der Waals surface area contributed by atoms with Gasteiger partial charge in [-0.05, 0) is 42.8 Å². The lowest BCUT2D eigenvalue weighted by Gasteiger charge is -2.07. The fraction of sp³-hybridized carbons (Fsp3) is 0.118. The molecule has 0 heterocycles. The van der Waals surface area contributed by atoms with Crippen molar-refractivity contribution in [2.75, 3.05) is 5.75 Å². The van der Waals surface area contributed by atoms with E-state index in [-0.39, 0.29) is 22.0 Å². The Morgan fingerprint density at radius 3 is 2.18 bits per heavy atom. The highest BCUT2D eigenvalue weighted by Gasteiger charge is 2.18. The van der Waals surface area contributed by atoms with Gasteiger partial charge in [0, 0.05) is 10.6 Å². The summed E-state index contributed by atoms with van der Waals surface area (Å²) in [7, 11) is -3.55. The van der Waals surface area contributed by atoms with Crippen LogP contribution in [-0.4, -0.2) is 20.0 Å². The van der Waals surface area contributed by atoms with E-state index in [9.17, 15) is 13.2 Å². The van der Waals surface area contributed by atoms with E-state index in [1.807, 2.05) is 0 Å². The van der Waals surface area contributed by atoms with Crippen molar-refractivity contribution in [2.45, 2.75) is 11.8 Å². The average molecular weight is 335 g/mol. The summed E-state index contributed by atoms with van der Waals surface area (Å²) in [6, 6.07) is 15.0. The van der Waals surface area contributed by atoms with Gasteiger partial charge in [0.05, 0.1) is 10.6 Å². The number of rotatable bonds is 5. The molecule has 0 spiro atoms. The fourth-order valence-electron chi connectivity index (χ4n) is 1.92. The molecule has 2 aromatic rings. The van der Waals surface area contributed by atoms with Crippen LogP contribution in [0.4, 0.5) is 0 Å². The van der Waals surface area contributed by atoms with E-state index in [0.717, 1.165) is 5.56 Å². The summed E-state index contributed by atoms with van der Waals surface area (Å²) in [5.74, 6) is -0.593. The molecule has 0 amide bonds. The lowest BCUT2D eigenvalue weighted by molar-refractivity contribution is -0.113. The summed E-state index contributed by atoms with van der Waals surface area (Å²) in [4.78, 5) is 12.0. The van der Waals surface area contributed by atoms with Crippen LogP contribution in [0.15, 0.2) is 65.1 Å². The highest BCUT2D eigenvalue weighted by molar-refractivity contribution is 7.91. The molecule has 0 saturated heterocycles. The number of hydrogen-bond acceptors (Lipinski definition) is 3. The Balaban J connectivity index is 2.34. The first-order chi connectivity index (χ1) is 10.4. The van der Waals surface area contributed by atoms with Crippen molar-refractivity contribution in [3.8, 4) is 0 Å². The van der Waals surface area contributed by atoms with Crippen LogP contribution in [0.2, 0.25) is 5.02 Å². The Labute approximate surface area is 135 Å². The van der Waals surface area contributed by atoms with Crippen molar-refractivity contribution >= 4 is 33.3 Å². The molecule has 2 aromatic carbocycles. The van der Waals surface area contributed by atoms with Crippen LogP contribution in [0.5, 0.6) is 0 Å². The summed E-state index contributed by atoms with van der Waals surface area (Å²) in [6.07, 6.45) is 1.58.